The molecule has 0 unspecified atom stereocenters. The lowest BCUT2D eigenvalue weighted by Gasteiger charge is -2.23. The van der Waals surface area contributed by atoms with Crippen molar-refractivity contribution in [2.24, 2.45) is 5.73 Å². The van der Waals surface area contributed by atoms with Gasteiger partial charge in [-0.3, -0.25) is 0 Å². The second kappa shape index (κ2) is 5.57. The molecule has 0 aromatic heterocycles. The van der Waals surface area contributed by atoms with Crippen LogP contribution in [0.4, 0.5) is 0 Å². The average Bonchev–Trinajstić information content (AvgIpc) is 2.71. The summed E-state index contributed by atoms with van der Waals surface area (Å²) >= 11 is 12.0. The first kappa shape index (κ1) is 13.2. The Morgan fingerprint density at radius 3 is 2.65 bits per heavy atom. The van der Waals surface area contributed by atoms with Crippen molar-refractivity contribution in [1.82, 2.24) is 0 Å². The van der Waals surface area contributed by atoms with Crippen LogP contribution in [0.2, 0.25) is 10.0 Å². The molecular weight excluding hydrogens is 257 g/mol. The van der Waals surface area contributed by atoms with Crippen LogP contribution in [0.5, 0.6) is 0 Å². The SMILES string of the molecule is NC1(COCc2cc(Cl)ccc2Cl)CCCC1. The molecule has 17 heavy (non-hydrogen) atoms. The van der Waals surface area contributed by atoms with Crippen LogP contribution in [0.3, 0.4) is 0 Å². The maximum absolute atomic E-state index is 6.21. The smallest absolute Gasteiger partial charge is 0.0732 e. The largest absolute Gasteiger partial charge is 0.375 e. The zero-order valence-corrected chi connectivity index (χ0v) is 11.2. The van der Waals surface area contributed by atoms with Crippen molar-refractivity contribution >= 4 is 23.2 Å². The molecule has 2 N–H and O–H groups in total. The van der Waals surface area contributed by atoms with Gasteiger partial charge >= 0.3 is 0 Å². The molecule has 4 heteroatoms. The summed E-state index contributed by atoms with van der Waals surface area (Å²) in [6, 6.07) is 5.40. The molecule has 0 saturated heterocycles. The average molecular weight is 274 g/mol. The van der Waals surface area contributed by atoms with E-state index in [9.17, 15) is 0 Å². The number of halogens is 2. The van der Waals surface area contributed by atoms with Crippen LogP contribution in [-0.4, -0.2) is 12.1 Å². The molecule has 0 spiro atoms. The van der Waals surface area contributed by atoms with E-state index >= 15 is 0 Å². The fourth-order valence-corrected chi connectivity index (χ4v) is 2.61. The summed E-state index contributed by atoms with van der Waals surface area (Å²) in [6.07, 6.45) is 4.52. The van der Waals surface area contributed by atoms with Gasteiger partial charge in [-0.2, -0.15) is 0 Å². The van der Waals surface area contributed by atoms with Crippen LogP contribution < -0.4 is 5.73 Å². The van der Waals surface area contributed by atoms with Crippen molar-refractivity contribution in [3.63, 3.8) is 0 Å². The van der Waals surface area contributed by atoms with Crippen molar-refractivity contribution < 1.29 is 4.74 Å². The molecule has 0 amide bonds. The van der Waals surface area contributed by atoms with E-state index in [4.69, 9.17) is 33.7 Å². The third-order valence-electron chi connectivity index (χ3n) is 3.25. The van der Waals surface area contributed by atoms with Crippen LogP contribution in [-0.2, 0) is 11.3 Å². The third-order valence-corrected chi connectivity index (χ3v) is 3.86. The van der Waals surface area contributed by atoms with Crippen LogP contribution in [0.15, 0.2) is 18.2 Å². The van der Waals surface area contributed by atoms with Gasteiger partial charge in [0.2, 0.25) is 0 Å². The summed E-state index contributed by atoms with van der Waals surface area (Å²) in [5.74, 6) is 0. The van der Waals surface area contributed by atoms with E-state index in [-0.39, 0.29) is 5.54 Å². The topological polar surface area (TPSA) is 35.2 Å². The number of hydrogen-bond acceptors (Lipinski definition) is 2. The van der Waals surface area contributed by atoms with Crippen LogP contribution >= 0.6 is 23.2 Å². The van der Waals surface area contributed by atoms with Gasteiger partial charge in [0, 0.05) is 15.6 Å². The maximum Gasteiger partial charge on any atom is 0.0732 e. The highest BCUT2D eigenvalue weighted by molar-refractivity contribution is 6.33. The predicted molar refractivity (Wildman–Crippen MR) is 71.5 cm³/mol. The first-order chi connectivity index (χ1) is 8.09. The monoisotopic (exact) mass is 273 g/mol. The van der Waals surface area contributed by atoms with Gasteiger partial charge in [-0.25, -0.2) is 0 Å². The van der Waals surface area contributed by atoms with Crippen LogP contribution in [0, 0.1) is 0 Å². The van der Waals surface area contributed by atoms with E-state index in [2.05, 4.69) is 0 Å². The fourth-order valence-electron chi connectivity index (χ4n) is 2.24. The van der Waals surface area contributed by atoms with E-state index in [1.807, 2.05) is 6.07 Å². The molecule has 2 rings (SSSR count). The van der Waals surface area contributed by atoms with Crippen LogP contribution in [0.25, 0.3) is 0 Å². The number of hydrogen-bond donors (Lipinski definition) is 1. The Morgan fingerprint density at radius 2 is 1.94 bits per heavy atom. The quantitative estimate of drug-likeness (QED) is 0.906. The van der Waals surface area contributed by atoms with E-state index in [0.717, 1.165) is 18.4 Å². The number of rotatable bonds is 4. The van der Waals surface area contributed by atoms with Crippen molar-refractivity contribution in [1.29, 1.82) is 0 Å². The van der Waals surface area contributed by atoms with Gasteiger partial charge in [0.15, 0.2) is 0 Å². The van der Waals surface area contributed by atoms with Gasteiger partial charge in [0.05, 0.1) is 13.2 Å². The predicted octanol–water partition coefficient (Wildman–Crippen LogP) is 3.78. The number of benzene rings is 1. The van der Waals surface area contributed by atoms with Crippen molar-refractivity contribution in [2.75, 3.05) is 6.61 Å². The molecular formula is C13H17Cl2NO. The Balaban J connectivity index is 1.87. The molecule has 2 nitrogen and oxygen atoms in total. The Bertz CT molecular complexity index is 389. The zero-order valence-electron chi connectivity index (χ0n) is 9.72. The summed E-state index contributed by atoms with van der Waals surface area (Å²) in [5, 5.41) is 1.36. The van der Waals surface area contributed by atoms with Gasteiger partial charge in [-0.15, -0.1) is 0 Å². The molecule has 0 atom stereocenters. The lowest BCUT2D eigenvalue weighted by Crippen LogP contribution is -2.41. The minimum absolute atomic E-state index is 0.134. The van der Waals surface area contributed by atoms with Crippen LogP contribution in [0.1, 0.15) is 31.2 Å². The molecule has 1 aromatic rings. The second-order valence-electron chi connectivity index (χ2n) is 4.80. The molecule has 0 radical (unpaired) electrons. The molecule has 94 valence electrons. The minimum atomic E-state index is -0.134. The molecule has 1 saturated carbocycles. The van der Waals surface area contributed by atoms with Gasteiger partial charge in [0.25, 0.3) is 0 Å². The van der Waals surface area contributed by atoms with E-state index in [1.54, 1.807) is 12.1 Å². The second-order valence-corrected chi connectivity index (χ2v) is 5.64. The lowest BCUT2D eigenvalue weighted by molar-refractivity contribution is 0.0751. The third kappa shape index (κ3) is 3.59. The first-order valence-corrected chi connectivity index (χ1v) is 6.65. The standard InChI is InChI=1S/C13H17Cl2NO/c14-11-3-4-12(15)10(7-11)8-17-9-13(16)5-1-2-6-13/h3-4,7H,1-2,5-6,8-9,16H2. The van der Waals surface area contributed by atoms with E-state index in [1.165, 1.54) is 12.8 Å². The Kier molecular flexibility index (Phi) is 4.31. The Hall–Kier alpha value is -0.280. The summed E-state index contributed by atoms with van der Waals surface area (Å²) in [6.45, 7) is 1.06. The fraction of sp³-hybridized carbons (Fsp3) is 0.538. The summed E-state index contributed by atoms with van der Waals surface area (Å²) in [4.78, 5) is 0. The summed E-state index contributed by atoms with van der Waals surface area (Å²) in [5.41, 5.74) is 6.99. The Labute approximate surface area is 112 Å². The number of nitrogens with two attached hydrogens (primary N) is 1. The first-order valence-electron chi connectivity index (χ1n) is 5.90. The highest BCUT2D eigenvalue weighted by Gasteiger charge is 2.29. The van der Waals surface area contributed by atoms with Crippen molar-refractivity contribution in [2.45, 2.75) is 37.8 Å². The lowest BCUT2D eigenvalue weighted by atomic mass is 10.0. The summed E-state index contributed by atoms with van der Waals surface area (Å²) in [7, 11) is 0. The van der Waals surface area contributed by atoms with Gasteiger partial charge in [-0.1, -0.05) is 36.0 Å². The van der Waals surface area contributed by atoms with E-state index < -0.39 is 0 Å². The highest BCUT2D eigenvalue weighted by atomic mass is 35.5. The van der Waals surface area contributed by atoms with E-state index in [0.29, 0.717) is 23.3 Å². The molecule has 1 aliphatic carbocycles. The zero-order chi connectivity index (χ0) is 12.3. The molecule has 0 bridgehead atoms. The van der Waals surface area contributed by atoms with Crippen molar-refractivity contribution in [3.05, 3.63) is 33.8 Å². The molecule has 1 aromatic carbocycles. The van der Waals surface area contributed by atoms with Gasteiger partial charge in [0.1, 0.15) is 0 Å². The van der Waals surface area contributed by atoms with Gasteiger partial charge < -0.3 is 10.5 Å². The highest BCUT2D eigenvalue weighted by Crippen LogP contribution is 2.28. The molecule has 1 fully saturated rings. The van der Waals surface area contributed by atoms with Gasteiger partial charge in [-0.05, 0) is 36.6 Å². The molecule has 0 aliphatic heterocycles. The Morgan fingerprint density at radius 1 is 1.24 bits per heavy atom. The normalized spacial score (nSPS) is 18.5. The molecule has 1 aliphatic rings. The number of ether oxygens (including phenoxy) is 1. The summed E-state index contributed by atoms with van der Waals surface area (Å²) < 4.78 is 5.67. The van der Waals surface area contributed by atoms with Crippen molar-refractivity contribution in [3.8, 4) is 0 Å². The molecule has 0 heterocycles. The minimum Gasteiger partial charge on any atom is -0.375 e. The maximum atomic E-state index is 6.21.